The first-order valence-electron chi connectivity index (χ1n) is 9.69. The average molecular weight is 443 g/mol. The maximum Gasteiger partial charge on any atom is 0.319 e. The third-order valence-corrected chi connectivity index (χ3v) is 5.30. The van der Waals surface area contributed by atoms with Crippen molar-refractivity contribution in [3.63, 3.8) is 0 Å². The van der Waals surface area contributed by atoms with Crippen LogP contribution in [0.25, 0.3) is 0 Å². The quantitative estimate of drug-likeness (QED) is 0.403. The SMILES string of the molecule is O=C(NOCC1CC1)c1c(N(c2ccc(F)cc2F)C(F)F)c(F)c(=O)n2c1CCC2. The van der Waals surface area contributed by atoms with Gasteiger partial charge in [0.05, 0.1) is 17.9 Å². The molecule has 2 aromatic rings. The average Bonchev–Trinajstić information content (AvgIpc) is 3.41. The zero-order valence-corrected chi connectivity index (χ0v) is 16.1. The minimum Gasteiger partial charge on any atom is -0.309 e. The van der Waals surface area contributed by atoms with Crippen molar-refractivity contribution in [3.8, 4) is 0 Å². The highest BCUT2D eigenvalue weighted by atomic mass is 19.3. The van der Waals surface area contributed by atoms with Gasteiger partial charge in [0, 0.05) is 18.3 Å². The number of fused-ring (bicyclic) bond motifs is 1. The fourth-order valence-corrected chi connectivity index (χ4v) is 3.65. The van der Waals surface area contributed by atoms with Crippen LogP contribution in [0.1, 0.15) is 35.3 Å². The highest BCUT2D eigenvalue weighted by Gasteiger charge is 2.36. The molecule has 0 spiro atoms. The molecule has 31 heavy (non-hydrogen) atoms. The molecule has 6 nitrogen and oxygen atoms in total. The Bertz CT molecular complexity index is 1080. The van der Waals surface area contributed by atoms with Gasteiger partial charge in [-0.15, -0.1) is 0 Å². The van der Waals surface area contributed by atoms with Gasteiger partial charge in [0.1, 0.15) is 17.3 Å². The molecule has 0 saturated heterocycles. The van der Waals surface area contributed by atoms with Crippen molar-refractivity contribution in [3.05, 3.63) is 57.3 Å². The third-order valence-electron chi connectivity index (χ3n) is 5.30. The minimum atomic E-state index is -3.54. The first-order chi connectivity index (χ1) is 14.8. The molecule has 1 fully saturated rings. The second-order valence-corrected chi connectivity index (χ2v) is 7.47. The first kappa shape index (κ1) is 21.3. The summed E-state index contributed by atoms with van der Waals surface area (Å²) in [6.07, 6.45) is 2.39. The van der Waals surface area contributed by atoms with E-state index in [0.717, 1.165) is 17.4 Å². The number of amides is 1. The van der Waals surface area contributed by atoms with Crippen molar-refractivity contribution in [1.82, 2.24) is 10.0 Å². The Hall–Kier alpha value is -2.95. The number of rotatable bonds is 7. The van der Waals surface area contributed by atoms with E-state index in [-0.39, 0.29) is 36.1 Å². The molecule has 1 aromatic heterocycles. The van der Waals surface area contributed by atoms with Crippen molar-refractivity contribution < 1.29 is 31.6 Å². The second kappa shape index (κ2) is 8.29. The van der Waals surface area contributed by atoms with E-state index in [9.17, 15) is 27.2 Å². The zero-order valence-electron chi connectivity index (χ0n) is 16.1. The van der Waals surface area contributed by atoms with Gasteiger partial charge in [0.2, 0.25) is 5.82 Å². The normalized spacial score (nSPS) is 15.3. The van der Waals surface area contributed by atoms with Crippen LogP contribution in [0.15, 0.2) is 23.0 Å². The summed E-state index contributed by atoms with van der Waals surface area (Å²) < 4.78 is 71.9. The van der Waals surface area contributed by atoms with Gasteiger partial charge in [-0.25, -0.2) is 14.3 Å². The molecule has 4 rings (SSSR count). The van der Waals surface area contributed by atoms with Crippen LogP contribution in [0.2, 0.25) is 0 Å². The molecular formula is C20H18F5N3O3. The predicted molar refractivity (Wildman–Crippen MR) is 99.6 cm³/mol. The highest BCUT2D eigenvalue weighted by molar-refractivity contribution is 6.01. The molecule has 0 radical (unpaired) electrons. The minimum absolute atomic E-state index is 0.0436. The van der Waals surface area contributed by atoms with Crippen molar-refractivity contribution in [2.75, 3.05) is 11.5 Å². The number of pyridine rings is 1. The Morgan fingerprint density at radius 3 is 2.65 bits per heavy atom. The number of hydrogen-bond acceptors (Lipinski definition) is 4. The number of nitrogens with one attached hydrogen (secondary N) is 1. The van der Waals surface area contributed by atoms with Gasteiger partial charge in [-0.2, -0.15) is 13.2 Å². The van der Waals surface area contributed by atoms with Crippen LogP contribution >= 0.6 is 0 Å². The van der Waals surface area contributed by atoms with Crippen LogP contribution in [0.3, 0.4) is 0 Å². The first-order valence-corrected chi connectivity index (χ1v) is 9.69. The van der Waals surface area contributed by atoms with Crippen LogP contribution < -0.4 is 15.9 Å². The standard InChI is InChI=1S/C20H18F5N3O3/c21-11-5-6-13(12(22)8-11)28(20(24)25)17-15(18(29)26-31-9-10-3-4-10)14-2-1-7-27(14)19(30)16(17)23/h5-6,8,10,20H,1-4,7,9H2,(H,26,29). The Balaban J connectivity index is 1.87. The van der Waals surface area contributed by atoms with Crippen LogP contribution in [-0.2, 0) is 17.8 Å². The lowest BCUT2D eigenvalue weighted by Gasteiger charge is -2.28. The molecule has 166 valence electrons. The zero-order chi connectivity index (χ0) is 22.3. The summed E-state index contributed by atoms with van der Waals surface area (Å²) in [6.45, 7) is -3.24. The van der Waals surface area contributed by atoms with Crippen LogP contribution in [0.4, 0.5) is 33.3 Å². The molecule has 2 heterocycles. The topological polar surface area (TPSA) is 63.6 Å². The smallest absolute Gasteiger partial charge is 0.309 e. The van der Waals surface area contributed by atoms with Crippen molar-refractivity contribution in [2.24, 2.45) is 5.92 Å². The van der Waals surface area contributed by atoms with Crippen LogP contribution in [0, 0.1) is 23.4 Å². The number of hydroxylamine groups is 1. The van der Waals surface area contributed by atoms with E-state index in [1.54, 1.807) is 0 Å². The number of nitrogens with zero attached hydrogens (tertiary/aromatic N) is 2. The molecule has 1 N–H and O–H groups in total. The molecule has 1 aliphatic carbocycles. The lowest BCUT2D eigenvalue weighted by Crippen LogP contribution is -2.36. The lowest BCUT2D eigenvalue weighted by molar-refractivity contribution is 0.0268. The summed E-state index contributed by atoms with van der Waals surface area (Å²) in [5.74, 6) is -4.84. The fourth-order valence-electron chi connectivity index (χ4n) is 3.65. The molecule has 2 aliphatic rings. The summed E-state index contributed by atoms with van der Waals surface area (Å²) in [4.78, 5) is 30.3. The molecule has 1 aromatic carbocycles. The molecule has 0 unspecified atom stereocenters. The van der Waals surface area contributed by atoms with Gasteiger partial charge in [0.15, 0.2) is 0 Å². The molecule has 1 saturated carbocycles. The number of carbonyl (C=O) groups excluding carboxylic acids is 1. The van der Waals surface area contributed by atoms with Crippen molar-refractivity contribution in [1.29, 1.82) is 0 Å². The number of alkyl halides is 2. The Labute approximate surface area is 173 Å². The summed E-state index contributed by atoms with van der Waals surface area (Å²) in [5, 5.41) is 0. The lowest BCUT2D eigenvalue weighted by atomic mass is 10.1. The van der Waals surface area contributed by atoms with Gasteiger partial charge in [-0.05, 0) is 43.7 Å². The summed E-state index contributed by atoms with van der Waals surface area (Å²) in [7, 11) is 0. The van der Waals surface area contributed by atoms with E-state index in [1.165, 1.54) is 0 Å². The summed E-state index contributed by atoms with van der Waals surface area (Å²) in [6, 6.07) is 1.75. The Morgan fingerprint density at radius 1 is 1.26 bits per heavy atom. The Kier molecular flexibility index (Phi) is 5.69. The van der Waals surface area contributed by atoms with E-state index in [2.05, 4.69) is 5.48 Å². The maximum absolute atomic E-state index is 15.1. The second-order valence-electron chi connectivity index (χ2n) is 7.47. The number of hydrogen-bond donors (Lipinski definition) is 1. The van der Waals surface area contributed by atoms with E-state index in [0.29, 0.717) is 24.6 Å². The van der Waals surface area contributed by atoms with Gasteiger partial charge >= 0.3 is 6.55 Å². The molecular weight excluding hydrogens is 425 g/mol. The summed E-state index contributed by atoms with van der Waals surface area (Å²) >= 11 is 0. The van der Waals surface area contributed by atoms with Crippen LogP contribution in [0.5, 0.6) is 0 Å². The van der Waals surface area contributed by atoms with Gasteiger partial charge < -0.3 is 4.57 Å². The number of halogens is 5. The monoisotopic (exact) mass is 443 g/mol. The van der Waals surface area contributed by atoms with Crippen molar-refractivity contribution >= 4 is 17.3 Å². The molecule has 1 aliphatic heterocycles. The summed E-state index contributed by atoms with van der Waals surface area (Å²) in [5.41, 5.74) is -1.56. The van der Waals surface area contributed by atoms with E-state index < -0.39 is 52.4 Å². The van der Waals surface area contributed by atoms with E-state index in [1.807, 2.05) is 0 Å². The molecule has 1 amide bonds. The van der Waals surface area contributed by atoms with Gasteiger partial charge in [-0.3, -0.25) is 19.3 Å². The van der Waals surface area contributed by atoms with E-state index in [4.69, 9.17) is 4.84 Å². The Morgan fingerprint density at radius 2 is 2.00 bits per heavy atom. The van der Waals surface area contributed by atoms with Gasteiger partial charge in [-0.1, -0.05) is 0 Å². The third kappa shape index (κ3) is 4.01. The maximum atomic E-state index is 15.1. The predicted octanol–water partition coefficient (Wildman–Crippen LogP) is 3.64. The number of carbonyl (C=O) groups is 1. The van der Waals surface area contributed by atoms with Crippen LogP contribution in [-0.4, -0.2) is 23.6 Å². The fraction of sp³-hybridized carbons (Fsp3) is 0.400. The molecule has 0 bridgehead atoms. The van der Waals surface area contributed by atoms with E-state index >= 15 is 4.39 Å². The number of benzene rings is 1. The van der Waals surface area contributed by atoms with Gasteiger partial charge in [0.25, 0.3) is 11.5 Å². The molecule has 11 heteroatoms. The largest absolute Gasteiger partial charge is 0.319 e. The molecule has 0 atom stereocenters. The number of anilines is 2. The highest BCUT2D eigenvalue weighted by Crippen LogP contribution is 2.37. The number of aromatic nitrogens is 1. The van der Waals surface area contributed by atoms with Crippen molar-refractivity contribution in [2.45, 2.75) is 38.8 Å².